The van der Waals surface area contributed by atoms with Crippen LogP contribution < -0.4 is 30.7 Å². The van der Waals surface area contributed by atoms with Crippen molar-refractivity contribution in [2.24, 2.45) is 5.41 Å². The van der Waals surface area contributed by atoms with Gasteiger partial charge in [0.25, 0.3) is 0 Å². The molecular weight excluding hydrogens is 639 g/mol. The molecule has 256 valence electrons. The molecule has 1 amide bonds. The Balaban J connectivity index is 1.62. The van der Waals surface area contributed by atoms with Crippen LogP contribution in [0.4, 0.5) is 41.2 Å². The number of benzene rings is 2. The maximum Gasteiger partial charge on any atom is 0.422 e. The second-order valence-corrected chi connectivity index (χ2v) is 12.7. The summed E-state index contributed by atoms with van der Waals surface area (Å²) in [5, 5.41) is 12.1. The van der Waals surface area contributed by atoms with Crippen molar-refractivity contribution in [2.75, 3.05) is 48.1 Å². The van der Waals surface area contributed by atoms with Crippen LogP contribution in [0.25, 0.3) is 0 Å². The first-order valence-corrected chi connectivity index (χ1v) is 15.2. The molecule has 3 aromatic rings. The van der Waals surface area contributed by atoms with Crippen LogP contribution in [-0.4, -0.2) is 65.0 Å². The highest BCUT2D eigenvalue weighted by Gasteiger charge is 2.29. The van der Waals surface area contributed by atoms with Gasteiger partial charge in [0.1, 0.15) is 18.0 Å². The summed E-state index contributed by atoms with van der Waals surface area (Å²) >= 11 is 5.72. The number of amides is 1. The van der Waals surface area contributed by atoms with Crippen LogP contribution in [0.2, 0.25) is 0 Å². The molecule has 0 atom stereocenters. The molecule has 0 aliphatic heterocycles. The summed E-state index contributed by atoms with van der Waals surface area (Å²) in [6.45, 7) is 13.2. The van der Waals surface area contributed by atoms with Gasteiger partial charge in [-0.15, -0.1) is 11.6 Å². The van der Waals surface area contributed by atoms with Gasteiger partial charge in [-0.2, -0.15) is 28.1 Å². The number of carbonyl (C=O) groups excluding carboxylic acids is 1. The summed E-state index contributed by atoms with van der Waals surface area (Å²) in [4.78, 5) is 24.3. The molecule has 0 radical (unpaired) electrons. The number of ether oxygens (including phenoxy) is 3. The number of hydrogen-bond acceptors (Lipinski definition) is 10. The van der Waals surface area contributed by atoms with E-state index in [0.717, 1.165) is 16.8 Å². The molecule has 1 heterocycles. The van der Waals surface area contributed by atoms with Gasteiger partial charge < -0.3 is 35.5 Å². The Kier molecular flexibility index (Phi) is 12.9. The highest BCUT2D eigenvalue weighted by atomic mass is 35.5. The molecule has 0 saturated heterocycles. The third kappa shape index (κ3) is 14.7. The Bertz CT molecular complexity index is 1470. The number of anilines is 4. The maximum atomic E-state index is 12.8. The largest absolute Gasteiger partial charge is 0.489 e. The van der Waals surface area contributed by atoms with Gasteiger partial charge in [0.15, 0.2) is 6.61 Å². The van der Waals surface area contributed by atoms with Crippen LogP contribution in [0.1, 0.15) is 40.2 Å². The minimum absolute atomic E-state index is 0.0129. The topological polar surface area (TPSA) is 132 Å². The van der Waals surface area contributed by atoms with Gasteiger partial charge in [-0.1, -0.05) is 32.6 Å². The van der Waals surface area contributed by atoms with Crippen LogP contribution in [-0.2, 0) is 11.3 Å². The number of alkyl halides is 4. The number of aromatic nitrogens is 3. The standard InChI is InChI=1S/C32H41ClF3N7O4/c1-21(15-33)17-45-25-13-7-22(8-14-25)16-37-26-41-27(43-28(42-26)46-20-32(34,35)36)40-24-11-9-23(10-12-24)38-18-31(5,6)19-39-29(44)47-30(2,3)4/h7-14,38H,1,15-20H2,2-6H3,(H,39,44)(H2,37,40,41,42,43). The molecule has 4 N–H and O–H groups in total. The van der Waals surface area contributed by atoms with Gasteiger partial charge in [0.05, 0.1) is 0 Å². The number of carbonyl (C=O) groups is 1. The predicted octanol–water partition coefficient (Wildman–Crippen LogP) is 7.31. The molecule has 2 aromatic carbocycles. The Morgan fingerprint density at radius 3 is 2.11 bits per heavy atom. The fourth-order valence-corrected chi connectivity index (χ4v) is 3.72. The third-order valence-corrected chi connectivity index (χ3v) is 6.39. The van der Waals surface area contributed by atoms with E-state index in [1.165, 1.54) is 0 Å². The average Bonchev–Trinajstić information content (AvgIpc) is 3.00. The van der Waals surface area contributed by atoms with Crippen molar-refractivity contribution < 1.29 is 32.2 Å². The quantitative estimate of drug-likeness (QED) is 0.0903. The van der Waals surface area contributed by atoms with E-state index in [1.807, 2.05) is 38.1 Å². The molecule has 0 aliphatic rings. The van der Waals surface area contributed by atoms with Gasteiger partial charge in [-0.25, -0.2) is 4.79 Å². The molecule has 11 nitrogen and oxygen atoms in total. The smallest absolute Gasteiger partial charge is 0.422 e. The van der Waals surface area contributed by atoms with Crippen molar-refractivity contribution in [3.8, 4) is 11.8 Å². The summed E-state index contributed by atoms with van der Waals surface area (Å²) in [6.07, 6.45) is -5.05. The molecule has 0 fully saturated rings. The van der Waals surface area contributed by atoms with Crippen LogP contribution >= 0.6 is 11.6 Å². The SMILES string of the molecule is C=C(CCl)COc1ccc(CNc2nc(Nc3ccc(NCC(C)(C)CNC(=O)OC(C)(C)C)cc3)nc(OCC(F)(F)F)n2)cc1. The zero-order chi connectivity index (χ0) is 34.7. The summed E-state index contributed by atoms with van der Waals surface area (Å²) in [6, 6.07) is 13.9. The first-order chi connectivity index (χ1) is 22.0. The molecule has 0 unspecified atom stereocenters. The fourth-order valence-electron chi connectivity index (χ4n) is 3.64. The highest BCUT2D eigenvalue weighted by Crippen LogP contribution is 2.23. The lowest BCUT2D eigenvalue weighted by Gasteiger charge is -2.27. The first kappa shape index (κ1) is 37.0. The van der Waals surface area contributed by atoms with E-state index in [0.29, 0.717) is 37.0 Å². The molecule has 0 saturated carbocycles. The second-order valence-electron chi connectivity index (χ2n) is 12.4. The predicted molar refractivity (Wildman–Crippen MR) is 177 cm³/mol. The number of halogens is 4. The molecule has 0 bridgehead atoms. The van der Waals surface area contributed by atoms with Crippen molar-refractivity contribution in [1.29, 1.82) is 0 Å². The minimum atomic E-state index is -4.57. The third-order valence-electron chi connectivity index (χ3n) is 6.01. The van der Waals surface area contributed by atoms with Gasteiger partial charge in [-0.05, 0) is 73.7 Å². The summed E-state index contributed by atoms with van der Waals surface area (Å²) in [5.41, 5.74) is 2.11. The lowest BCUT2D eigenvalue weighted by atomic mass is 9.93. The van der Waals surface area contributed by atoms with E-state index >= 15 is 0 Å². The van der Waals surface area contributed by atoms with Crippen LogP contribution in [0, 0.1) is 5.41 Å². The highest BCUT2D eigenvalue weighted by molar-refractivity contribution is 6.19. The van der Waals surface area contributed by atoms with Crippen molar-refractivity contribution >= 4 is 41.0 Å². The second kappa shape index (κ2) is 16.4. The van der Waals surface area contributed by atoms with E-state index in [1.54, 1.807) is 45.0 Å². The molecule has 1 aromatic heterocycles. The lowest BCUT2D eigenvalue weighted by Crippen LogP contribution is -2.40. The normalized spacial score (nSPS) is 11.8. The summed E-state index contributed by atoms with van der Waals surface area (Å²) in [5.74, 6) is 0.935. The minimum Gasteiger partial charge on any atom is -0.489 e. The Labute approximate surface area is 277 Å². The monoisotopic (exact) mass is 679 g/mol. The molecular formula is C32H41ClF3N7O4. The van der Waals surface area contributed by atoms with Gasteiger partial charge >= 0.3 is 18.3 Å². The van der Waals surface area contributed by atoms with Crippen molar-refractivity contribution in [2.45, 2.75) is 52.9 Å². The Morgan fingerprint density at radius 2 is 1.49 bits per heavy atom. The molecule has 3 rings (SSSR count). The van der Waals surface area contributed by atoms with Gasteiger partial charge in [0, 0.05) is 36.9 Å². The van der Waals surface area contributed by atoms with Crippen molar-refractivity contribution in [3.05, 3.63) is 66.2 Å². The zero-order valence-electron chi connectivity index (χ0n) is 27.1. The van der Waals surface area contributed by atoms with E-state index in [9.17, 15) is 18.0 Å². The fraction of sp³-hybridized carbons (Fsp3) is 0.438. The lowest BCUT2D eigenvalue weighted by molar-refractivity contribution is -0.154. The van der Waals surface area contributed by atoms with Crippen LogP contribution in [0.15, 0.2) is 60.7 Å². The maximum absolute atomic E-state index is 12.8. The van der Waals surface area contributed by atoms with Crippen LogP contribution in [0.5, 0.6) is 11.8 Å². The summed E-state index contributed by atoms with van der Waals surface area (Å²) < 4.78 is 54.2. The number of alkyl carbamates (subject to hydrolysis) is 1. The van der Waals surface area contributed by atoms with Gasteiger partial charge in [0.2, 0.25) is 11.9 Å². The van der Waals surface area contributed by atoms with E-state index < -0.39 is 30.5 Å². The van der Waals surface area contributed by atoms with E-state index in [4.69, 9.17) is 25.8 Å². The number of rotatable bonds is 16. The molecule has 15 heteroatoms. The zero-order valence-corrected chi connectivity index (χ0v) is 27.8. The van der Waals surface area contributed by atoms with Crippen molar-refractivity contribution in [1.82, 2.24) is 20.3 Å². The van der Waals surface area contributed by atoms with Crippen LogP contribution in [0.3, 0.4) is 0 Å². The van der Waals surface area contributed by atoms with E-state index in [-0.39, 0.29) is 23.9 Å². The Hall–Kier alpha value is -4.46. The van der Waals surface area contributed by atoms with Crippen molar-refractivity contribution in [3.63, 3.8) is 0 Å². The molecule has 0 spiro atoms. The average molecular weight is 680 g/mol. The number of nitrogens with zero attached hydrogens (tertiary/aromatic N) is 3. The van der Waals surface area contributed by atoms with E-state index in [2.05, 4.69) is 42.8 Å². The summed E-state index contributed by atoms with van der Waals surface area (Å²) in [7, 11) is 0. The first-order valence-electron chi connectivity index (χ1n) is 14.7. The van der Waals surface area contributed by atoms with Gasteiger partial charge in [-0.3, -0.25) is 0 Å². The number of hydrogen-bond donors (Lipinski definition) is 4. The molecule has 47 heavy (non-hydrogen) atoms. The number of nitrogens with one attached hydrogen (secondary N) is 4. The Morgan fingerprint density at radius 1 is 0.851 bits per heavy atom. The molecule has 0 aliphatic carbocycles.